The SMILES string of the molecule is c1ccc(-c2cc(-c3ccccc3)c3c4ccc(N(c5ccc6ccccc6c5)c5cccc6ccccc56)cc4c4ccccc4c3c2-c2ccccc2)cc1. The van der Waals surface area contributed by atoms with Gasteiger partial charge in [0.05, 0.1) is 5.69 Å². The van der Waals surface area contributed by atoms with Gasteiger partial charge in [-0.3, -0.25) is 0 Å². The number of rotatable bonds is 6. The molecule has 11 aromatic rings. The zero-order chi connectivity index (χ0) is 37.7. The molecule has 0 atom stereocenters. The summed E-state index contributed by atoms with van der Waals surface area (Å²) in [5.41, 5.74) is 10.7. The molecule has 11 rings (SSSR count). The van der Waals surface area contributed by atoms with Gasteiger partial charge in [-0.15, -0.1) is 0 Å². The monoisotopic (exact) mass is 723 g/mol. The van der Waals surface area contributed by atoms with Crippen molar-refractivity contribution in [2.75, 3.05) is 4.90 Å². The highest BCUT2D eigenvalue weighted by atomic mass is 15.1. The highest BCUT2D eigenvalue weighted by molar-refractivity contribution is 6.33. The van der Waals surface area contributed by atoms with E-state index in [-0.39, 0.29) is 0 Å². The fourth-order valence-electron chi connectivity index (χ4n) is 9.02. The Bertz CT molecular complexity index is 3270. The van der Waals surface area contributed by atoms with Crippen LogP contribution in [0.15, 0.2) is 224 Å². The molecule has 0 unspecified atom stereocenters. The number of benzene rings is 11. The summed E-state index contributed by atoms with van der Waals surface area (Å²) >= 11 is 0. The van der Waals surface area contributed by atoms with Gasteiger partial charge in [0, 0.05) is 16.8 Å². The molecular formula is C56H37N. The molecule has 0 saturated heterocycles. The van der Waals surface area contributed by atoms with Crippen LogP contribution in [0.5, 0.6) is 0 Å². The lowest BCUT2D eigenvalue weighted by Gasteiger charge is -2.28. The van der Waals surface area contributed by atoms with Gasteiger partial charge in [-0.2, -0.15) is 0 Å². The van der Waals surface area contributed by atoms with Crippen molar-refractivity contribution in [3.05, 3.63) is 224 Å². The van der Waals surface area contributed by atoms with Gasteiger partial charge in [0.15, 0.2) is 0 Å². The molecule has 266 valence electrons. The summed E-state index contributed by atoms with van der Waals surface area (Å²) in [6.07, 6.45) is 0. The molecule has 0 fully saturated rings. The zero-order valence-corrected chi connectivity index (χ0v) is 31.3. The Hall–Kier alpha value is -7.48. The van der Waals surface area contributed by atoms with Gasteiger partial charge in [0.1, 0.15) is 0 Å². The minimum atomic E-state index is 1.11. The third kappa shape index (κ3) is 5.55. The van der Waals surface area contributed by atoms with Crippen molar-refractivity contribution in [3.63, 3.8) is 0 Å². The summed E-state index contributed by atoms with van der Waals surface area (Å²) < 4.78 is 0. The van der Waals surface area contributed by atoms with E-state index >= 15 is 0 Å². The van der Waals surface area contributed by atoms with E-state index in [0.29, 0.717) is 0 Å². The molecule has 1 heteroatoms. The van der Waals surface area contributed by atoms with Crippen molar-refractivity contribution in [1.82, 2.24) is 0 Å². The van der Waals surface area contributed by atoms with Crippen LogP contribution in [0.1, 0.15) is 0 Å². The average Bonchev–Trinajstić information content (AvgIpc) is 3.29. The van der Waals surface area contributed by atoms with Crippen molar-refractivity contribution in [2.24, 2.45) is 0 Å². The van der Waals surface area contributed by atoms with Gasteiger partial charge in [0.25, 0.3) is 0 Å². The second-order valence-electron chi connectivity index (χ2n) is 14.8. The minimum Gasteiger partial charge on any atom is -0.310 e. The molecule has 0 bridgehead atoms. The Kier molecular flexibility index (Phi) is 7.89. The Balaban J connectivity index is 1.28. The van der Waals surface area contributed by atoms with Crippen LogP contribution in [0.2, 0.25) is 0 Å². The third-order valence-corrected chi connectivity index (χ3v) is 11.6. The van der Waals surface area contributed by atoms with Crippen molar-refractivity contribution in [2.45, 2.75) is 0 Å². The van der Waals surface area contributed by atoms with Gasteiger partial charge in [-0.1, -0.05) is 188 Å². The van der Waals surface area contributed by atoms with Crippen LogP contribution in [0.25, 0.3) is 87.2 Å². The lowest BCUT2D eigenvalue weighted by Crippen LogP contribution is -2.10. The van der Waals surface area contributed by atoms with Gasteiger partial charge < -0.3 is 4.90 Å². The molecule has 1 nitrogen and oxygen atoms in total. The molecule has 57 heavy (non-hydrogen) atoms. The Labute approximate surface area is 332 Å². The number of hydrogen-bond donors (Lipinski definition) is 0. The Morgan fingerprint density at radius 2 is 0.789 bits per heavy atom. The molecule has 11 aromatic carbocycles. The summed E-state index contributed by atoms with van der Waals surface area (Å²) in [5.74, 6) is 0. The Morgan fingerprint density at radius 3 is 1.53 bits per heavy atom. The summed E-state index contributed by atoms with van der Waals surface area (Å²) in [6, 6.07) is 82.1. The fourth-order valence-corrected chi connectivity index (χ4v) is 9.02. The van der Waals surface area contributed by atoms with E-state index in [2.05, 4.69) is 229 Å². The van der Waals surface area contributed by atoms with Crippen LogP contribution in [-0.4, -0.2) is 0 Å². The van der Waals surface area contributed by atoms with E-state index in [1.807, 2.05) is 0 Å². The maximum atomic E-state index is 2.44. The van der Waals surface area contributed by atoms with Crippen LogP contribution < -0.4 is 4.90 Å². The van der Waals surface area contributed by atoms with E-state index in [0.717, 1.165) is 17.1 Å². The molecule has 0 aliphatic heterocycles. The van der Waals surface area contributed by atoms with Crippen LogP contribution in [0.3, 0.4) is 0 Å². The lowest BCUT2D eigenvalue weighted by molar-refractivity contribution is 1.31. The normalized spacial score (nSPS) is 11.5. The number of anilines is 3. The smallest absolute Gasteiger partial charge is 0.0540 e. The molecule has 0 amide bonds. The van der Waals surface area contributed by atoms with Crippen LogP contribution in [-0.2, 0) is 0 Å². The highest BCUT2D eigenvalue weighted by Crippen LogP contribution is 2.50. The fraction of sp³-hybridized carbons (Fsp3) is 0. The maximum Gasteiger partial charge on any atom is 0.0540 e. The van der Waals surface area contributed by atoms with Gasteiger partial charge in [-0.05, 0) is 118 Å². The first-order valence-corrected chi connectivity index (χ1v) is 19.7. The minimum absolute atomic E-state index is 1.11. The van der Waals surface area contributed by atoms with E-state index in [1.54, 1.807) is 0 Å². The second kappa shape index (κ2) is 13.7. The van der Waals surface area contributed by atoms with Crippen LogP contribution >= 0.6 is 0 Å². The topological polar surface area (TPSA) is 3.24 Å². The molecular weight excluding hydrogens is 687 g/mol. The van der Waals surface area contributed by atoms with E-state index in [4.69, 9.17) is 0 Å². The van der Waals surface area contributed by atoms with E-state index in [1.165, 1.54) is 87.2 Å². The molecule has 0 aromatic heterocycles. The molecule has 0 N–H and O–H groups in total. The summed E-state index contributed by atoms with van der Waals surface area (Å²) in [5, 5.41) is 12.4. The summed E-state index contributed by atoms with van der Waals surface area (Å²) in [7, 11) is 0. The quantitative estimate of drug-likeness (QED) is 0.154. The first kappa shape index (κ1) is 32.9. The highest BCUT2D eigenvalue weighted by Gasteiger charge is 2.23. The predicted molar refractivity (Wildman–Crippen MR) is 245 cm³/mol. The van der Waals surface area contributed by atoms with Gasteiger partial charge >= 0.3 is 0 Å². The molecule has 0 heterocycles. The van der Waals surface area contributed by atoms with Crippen molar-refractivity contribution >= 4 is 70.9 Å². The van der Waals surface area contributed by atoms with Gasteiger partial charge in [-0.25, -0.2) is 0 Å². The van der Waals surface area contributed by atoms with Crippen LogP contribution in [0.4, 0.5) is 17.1 Å². The summed E-state index contributed by atoms with van der Waals surface area (Å²) in [6.45, 7) is 0. The average molecular weight is 724 g/mol. The first-order valence-electron chi connectivity index (χ1n) is 19.7. The second-order valence-corrected chi connectivity index (χ2v) is 14.8. The largest absolute Gasteiger partial charge is 0.310 e. The van der Waals surface area contributed by atoms with E-state index in [9.17, 15) is 0 Å². The molecule has 0 radical (unpaired) electrons. The number of hydrogen-bond acceptors (Lipinski definition) is 1. The van der Waals surface area contributed by atoms with Crippen molar-refractivity contribution < 1.29 is 0 Å². The number of fused-ring (bicyclic) bond motifs is 8. The molecule has 0 aliphatic rings. The van der Waals surface area contributed by atoms with Gasteiger partial charge in [0.2, 0.25) is 0 Å². The van der Waals surface area contributed by atoms with Crippen LogP contribution in [0, 0.1) is 0 Å². The first-order chi connectivity index (χ1) is 28.3. The standard InChI is InChI=1S/C56H37N/c1-4-18-40(19-5-1)50-37-51(41-20-6-2-7-21-41)55-49-34-33-45(36-52(49)47-28-14-15-29-48(47)56(55)54(50)42-23-8-3-9-24-42)57(44-32-31-38-17-10-11-25-43(38)35-44)53-30-16-26-39-22-12-13-27-46(39)53/h1-37H. The van der Waals surface area contributed by atoms with Crippen molar-refractivity contribution in [1.29, 1.82) is 0 Å². The number of nitrogens with zero attached hydrogens (tertiary/aromatic N) is 1. The maximum absolute atomic E-state index is 2.44. The summed E-state index contributed by atoms with van der Waals surface area (Å²) in [4.78, 5) is 2.44. The predicted octanol–water partition coefficient (Wildman–Crippen LogP) is 15.9. The zero-order valence-electron chi connectivity index (χ0n) is 31.3. The molecule has 0 saturated carbocycles. The molecule has 0 aliphatic carbocycles. The Morgan fingerprint density at radius 1 is 0.263 bits per heavy atom. The van der Waals surface area contributed by atoms with Crippen molar-refractivity contribution in [3.8, 4) is 33.4 Å². The third-order valence-electron chi connectivity index (χ3n) is 11.6. The molecule has 0 spiro atoms. The lowest BCUT2D eigenvalue weighted by atomic mass is 9.81. The van der Waals surface area contributed by atoms with E-state index < -0.39 is 0 Å².